The molecule has 222 valence electrons. The second-order valence-corrected chi connectivity index (χ2v) is 12.9. The van der Waals surface area contributed by atoms with Gasteiger partial charge in [0.1, 0.15) is 6.54 Å². The molecule has 38 heavy (non-hydrogen) atoms. The first-order valence-electron chi connectivity index (χ1n) is 17.0. The molecule has 1 saturated heterocycles. The Balaban J connectivity index is 1.24. The van der Waals surface area contributed by atoms with Crippen molar-refractivity contribution in [1.82, 2.24) is 0 Å². The zero-order valence-corrected chi connectivity index (χ0v) is 26.2. The van der Waals surface area contributed by atoms with Gasteiger partial charge in [0.25, 0.3) is 0 Å². The lowest BCUT2D eigenvalue weighted by molar-refractivity contribution is -0.692. The summed E-state index contributed by atoms with van der Waals surface area (Å²) in [5.74, 6) is 0.780. The summed E-state index contributed by atoms with van der Waals surface area (Å²) in [6, 6.07) is 0. The zero-order valence-electron chi connectivity index (χ0n) is 25.4. The predicted molar refractivity (Wildman–Crippen MR) is 165 cm³/mol. The van der Waals surface area contributed by atoms with E-state index in [9.17, 15) is 0 Å². The Morgan fingerprint density at radius 3 is 1.84 bits per heavy atom. The molecule has 0 spiro atoms. The quantitative estimate of drug-likeness (QED) is 0.0764. The molecule has 0 N–H and O–H groups in total. The fraction of sp³-hybridized carbons (Fsp3) is 0.912. The molecule has 2 rings (SSSR count). The molecule has 3 nitrogen and oxygen atoms in total. The maximum atomic E-state index is 6.02. The average Bonchev–Trinajstić information content (AvgIpc) is 3.62. The number of aryl methyl sites for hydroxylation is 1. The van der Waals surface area contributed by atoms with E-state index in [2.05, 4.69) is 28.6 Å². The van der Waals surface area contributed by atoms with Gasteiger partial charge in [-0.1, -0.05) is 140 Å². The number of unbranched alkanes of at least 4 members (excludes halogenated alkanes) is 20. The lowest BCUT2D eigenvalue weighted by Crippen LogP contribution is -2.29. The smallest absolute Gasteiger partial charge is 0.224 e. The second kappa shape index (κ2) is 25.5. The molecular formula is C34H64NO2S+. The van der Waals surface area contributed by atoms with Gasteiger partial charge in [0.15, 0.2) is 6.20 Å². The summed E-state index contributed by atoms with van der Waals surface area (Å²) in [6.07, 6.45) is 36.1. The molecule has 1 aromatic heterocycles. The van der Waals surface area contributed by atoms with Crippen molar-refractivity contribution in [2.24, 2.45) is 5.92 Å². The van der Waals surface area contributed by atoms with Crippen molar-refractivity contribution < 1.29 is 14.0 Å². The van der Waals surface area contributed by atoms with Gasteiger partial charge in [-0.25, -0.2) is 0 Å². The number of nitrogens with zero attached hydrogens (tertiary/aromatic N) is 1. The average molecular weight is 551 g/mol. The molecule has 1 aromatic rings. The van der Waals surface area contributed by atoms with Crippen molar-refractivity contribution in [3.63, 3.8) is 0 Å². The van der Waals surface area contributed by atoms with Gasteiger partial charge >= 0.3 is 0 Å². The minimum Gasteiger partial charge on any atom is -0.379 e. The third-order valence-corrected chi connectivity index (χ3v) is 9.09. The Kier molecular flexibility index (Phi) is 22.7. The van der Waals surface area contributed by atoms with Crippen molar-refractivity contribution in [2.75, 3.05) is 19.8 Å². The molecule has 0 aliphatic carbocycles. The van der Waals surface area contributed by atoms with Crippen LogP contribution in [0.15, 0.2) is 17.1 Å². The van der Waals surface area contributed by atoms with Crippen LogP contribution in [-0.2, 0) is 16.0 Å². The summed E-state index contributed by atoms with van der Waals surface area (Å²) in [6.45, 7) is 6.17. The molecule has 1 fully saturated rings. The van der Waals surface area contributed by atoms with E-state index >= 15 is 0 Å². The molecule has 1 aliphatic heterocycles. The second-order valence-electron chi connectivity index (χ2n) is 12.1. The highest BCUT2D eigenvalue weighted by Gasteiger charge is 2.24. The lowest BCUT2D eigenvalue weighted by Gasteiger charge is -2.10. The number of hydrogen-bond acceptors (Lipinski definition) is 3. The fourth-order valence-electron chi connectivity index (χ4n) is 5.89. The van der Waals surface area contributed by atoms with E-state index in [4.69, 9.17) is 9.47 Å². The topological polar surface area (TPSA) is 22.3 Å². The molecular weight excluding hydrogens is 486 g/mol. The van der Waals surface area contributed by atoms with Gasteiger partial charge in [-0.2, -0.15) is 4.57 Å². The first kappa shape index (κ1) is 33.8. The number of hydrogen-bond donors (Lipinski definition) is 0. The van der Waals surface area contributed by atoms with E-state index in [1.54, 1.807) is 11.3 Å². The van der Waals surface area contributed by atoms with Gasteiger partial charge < -0.3 is 9.47 Å². The minimum atomic E-state index is 0.357. The van der Waals surface area contributed by atoms with Crippen molar-refractivity contribution >= 4 is 11.3 Å². The van der Waals surface area contributed by atoms with Crippen molar-refractivity contribution in [2.45, 2.75) is 174 Å². The van der Waals surface area contributed by atoms with Crippen LogP contribution >= 0.6 is 11.3 Å². The lowest BCUT2D eigenvalue weighted by atomic mass is 9.97. The normalized spacial score (nSPS) is 17.5. The van der Waals surface area contributed by atoms with E-state index < -0.39 is 0 Å². The highest BCUT2D eigenvalue weighted by atomic mass is 32.1. The van der Waals surface area contributed by atoms with Gasteiger partial charge in [-0.05, 0) is 31.6 Å². The fourth-order valence-corrected chi connectivity index (χ4v) is 6.52. The van der Waals surface area contributed by atoms with Gasteiger partial charge in [0.2, 0.25) is 5.51 Å². The zero-order chi connectivity index (χ0) is 26.8. The van der Waals surface area contributed by atoms with Crippen molar-refractivity contribution in [3.05, 3.63) is 17.1 Å². The first-order valence-corrected chi connectivity index (χ1v) is 17.9. The van der Waals surface area contributed by atoms with E-state index in [-0.39, 0.29) is 0 Å². The molecule has 0 bridgehead atoms. The third-order valence-electron chi connectivity index (χ3n) is 8.42. The molecule has 2 atom stereocenters. The van der Waals surface area contributed by atoms with Crippen LogP contribution in [-0.4, -0.2) is 25.9 Å². The van der Waals surface area contributed by atoms with Crippen molar-refractivity contribution in [1.29, 1.82) is 0 Å². The molecule has 0 aromatic carbocycles. The largest absolute Gasteiger partial charge is 0.379 e. The number of rotatable bonds is 28. The maximum absolute atomic E-state index is 6.02. The van der Waals surface area contributed by atoms with Crippen molar-refractivity contribution in [3.8, 4) is 0 Å². The Hall–Kier alpha value is -0.450. The molecule has 0 radical (unpaired) electrons. The first-order chi connectivity index (χ1) is 18.9. The third kappa shape index (κ3) is 19.6. The molecule has 4 heteroatoms. The number of aromatic nitrogens is 1. The SMILES string of the molecule is CCCCCCCCCCCCCCCCCC[C@H]1CO[C@H](COCCCCCCCC[n+]2ccsc2)C1. The Bertz CT molecular complexity index is 593. The summed E-state index contributed by atoms with van der Waals surface area (Å²) < 4.78 is 14.3. The Morgan fingerprint density at radius 2 is 1.26 bits per heavy atom. The van der Waals surface area contributed by atoms with E-state index in [1.165, 1.54) is 161 Å². The molecule has 0 saturated carbocycles. The van der Waals surface area contributed by atoms with Crippen LogP contribution in [0.1, 0.15) is 161 Å². The summed E-state index contributed by atoms with van der Waals surface area (Å²) in [7, 11) is 0. The summed E-state index contributed by atoms with van der Waals surface area (Å²) in [5, 5.41) is 2.15. The molecule has 0 unspecified atom stereocenters. The molecule has 0 amide bonds. The Morgan fingerprint density at radius 1 is 0.711 bits per heavy atom. The van der Waals surface area contributed by atoms with Gasteiger partial charge in [-0.3, -0.25) is 0 Å². The highest BCUT2D eigenvalue weighted by Crippen LogP contribution is 2.25. The number of ether oxygens (including phenoxy) is 2. The predicted octanol–water partition coefficient (Wildman–Crippen LogP) is 10.4. The Labute approximate surface area is 241 Å². The monoisotopic (exact) mass is 550 g/mol. The van der Waals surface area contributed by atoms with Crippen LogP contribution in [0.4, 0.5) is 0 Å². The number of thiazole rings is 1. The standard InChI is InChI=1S/C34H64NO2S/c1-2-3-4-5-6-7-8-9-10-11-12-13-14-15-18-21-24-33-29-34(37-30-33)31-36-27-23-20-17-16-19-22-25-35-26-28-38-32-35/h26,28,32-34H,2-25,27,29-31H2,1H3/q+1/t33-,34+/m1/s1. The van der Waals surface area contributed by atoms with E-state index in [0.29, 0.717) is 6.10 Å². The van der Waals surface area contributed by atoms with Crippen LogP contribution in [0.2, 0.25) is 0 Å². The molecule has 1 aliphatic rings. The summed E-state index contributed by atoms with van der Waals surface area (Å²) in [5.41, 5.74) is 2.20. The van der Waals surface area contributed by atoms with Crippen LogP contribution in [0.25, 0.3) is 0 Å². The van der Waals surface area contributed by atoms with Gasteiger partial charge in [0.05, 0.1) is 18.1 Å². The highest BCUT2D eigenvalue weighted by molar-refractivity contribution is 7.07. The maximum Gasteiger partial charge on any atom is 0.224 e. The van der Waals surface area contributed by atoms with Gasteiger partial charge in [0, 0.05) is 19.6 Å². The van der Waals surface area contributed by atoms with Crippen LogP contribution in [0.3, 0.4) is 0 Å². The van der Waals surface area contributed by atoms with Crippen LogP contribution < -0.4 is 4.57 Å². The van der Waals surface area contributed by atoms with Gasteiger partial charge in [-0.15, -0.1) is 0 Å². The van der Waals surface area contributed by atoms with E-state index in [1.807, 2.05) is 0 Å². The van der Waals surface area contributed by atoms with E-state index in [0.717, 1.165) is 25.7 Å². The summed E-state index contributed by atoms with van der Waals surface area (Å²) in [4.78, 5) is 0. The molecule has 2 heterocycles. The van der Waals surface area contributed by atoms with Crippen LogP contribution in [0.5, 0.6) is 0 Å². The van der Waals surface area contributed by atoms with Crippen LogP contribution in [0, 0.1) is 5.92 Å². The summed E-state index contributed by atoms with van der Waals surface area (Å²) >= 11 is 1.78. The minimum absolute atomic E-state index is 0.357.